The van der Waals surface area contributed by atoms with Crippen LogP contribution in [0, 0.1) is 11.8 Å². The topological polar surface area (TPSA) is 49.8 Å². The van der Waals surface area contributed by atoms with Gasteiger partial charge in [-0.05, 0) is 38.8 Å². The minimum atomic E-state index is -0.105. The Bertz CT molecular complexity index is 212. The molecule has 0 aromatic carbocycles. The molecule has 1 aliphatic heterocycles. The molecule has 0 aromatic heterocycles. The highest BCUT2D eigenvalue weighted by molar-refractivity contribution is 5.72. The molecule has 1 fully saturated rings. The lowest BCUT2D eigenvalue weighted by Crippen LogP contribution is -2.39. The summed E-state index contributed by atoms with van der Waals surface area (Å²) in [7, 11) is 0. The zero-order valence-corrected chi connectivity index (χ0v) is 10.3. The first-order chi connectivity index (χ1) is 7.67. The van der Waals surface area contributed by atoms with E-state index in [0.29, 0.717) is 19.1 Å². The average Bonchev–Trinajstić information content (AvgIpc) is 2.30. The maximum Gasteiger partial charge on any atom is 0.309 e. The first kappa shape index (κ1) is 13.5. The molecule has 0 radical (unpaired) electrons. The van der Waals surface area contributed by atoms with Crippen molar-refractivity contribution < 1.29 is 14.6 Å². The molecule has 0 aromatic rings. The number of aliphatic hydroxyl groups is 1. The molecule has 0 amide bonds. The van der Waals surface area contributed by atoms with Gasteiger partial charge < -0.3 is 14.7 Å². The minimum absolute atomic E-state index is 0.0503. The van der Waals surface area contributed by atoms with Crippen molar-refractivity contribution in [2.75, 3.05) is 32.8 Å². The third-order valence-corrected chi connectivity index (χ3v) is 3.19. The summed E-state index contributed by atoms with van der Waals surface area (Å²) >= 11 is 0. The summed E-state index contributed by atoms with van der Waals surface area (Å²) in [6, 6.07) is 0. The van der Waals surface area contributed by atoms with Gasteiger partial charge in [0, 0.05) is 13.2 Å². The Morgan fingerprint density at radius 2 is 2.12 bits per heavy atom. The van der Waals surface area contributed by atoms with Crippen LogP contribution in [0.5, 0.6) is 0 Å². The summed E-state index contributed by atoms with van der Waals surface area (Å²) in [5.41, 5.74) is 0. The summed E-state index contributed by atoms with van der Waals surface area (Å²) in [6.45, 7) is 7.23. The molecule has 1 rings (SSSR count). The number of ether oxygens (including phenoxy) is 1. The highest BCUT2D eigenvalue weighted by Gasteiger charge is 2.22. The standard InChI is InChI=1S/C12H23NO3/c1-3-16-12(15)10(2)8-13-6-4-11(9-14)5-7-13/h10-11,14H,3-9H2,1-2H3. The van der Waals surface area contributed by atoms with E-state index in [2.05, 4.69) is 4.90 Å². The molecular formula is C12H23NO3. The van der Waals surface area contributed by atoms with Gasteiger partial charge in [0.25, 0.3) is 0 Å². The van der Waals surface area contributed by atoms with Gasteiger partial charge in [0.05, 0.1) is 12.5 Å². The predicted octanol–water partition coefficient (Wildman–Crippen LogP) is 0.890. The number of aliphatic hydroxyl groups excluding tert-OH is 1. The van der Waals surface area contributed by atoms with Gasteiger partial charge in [0.2, 0.25) is 0 Å². The van der Waals surface area contributed by atoms with E-state index in [4.69, 9.17) is 9.84 Å². The molecule has 4 nitrogen and oxygen atoms in total. The molecule has 0 spiro atoms. The van der Waals surface area contributed by atoms with Crippen LogP contribution in [-0.4, -0.2) is 48.8 Å². The molecule has 1 aliphatic rings. The van der Waals surface area contributed by atoms with Gasteiger partial charge in [-0.15, -0.1) is 0 Å². The highest BCUT2D eigenvalue weighted by atomic mass is 16.5. The Hall–Kier alpha value is -0.610. The lowest BCUT2D eigenvalue weighted by Gasteiger charge is -2.32. The minimum Gasteiger partial charge on any atom is -0.466 e. The number of rotatable bonds is 5. The molecule has 1 heterocycles. The number of carbonyl (C=O) groups excluding carboxylic acids is 1. The van der Waals surface area contributed by atoms with Crippen LogP contribution >= 0.6 is 0 Å². The number of hydrogen-bond donors (Lipinski definition) is 1. The van der Waals surface area contributed by atoms with Crippen LogP contribution < -0.4 is 0 Å². The zero-order valence-electron chi connectivity index (χ0n) is 10.3. The van der Waals surface area contributed by atoms with Gasteiger partial charge in [0.15, 0.2) is 0 Å². The van der Waals surface area contributed by atoms with E-state index in [9.17, 15) is 4.79 Å². The predicted molar refractivity (Wildman–Crippen MR) is 62.0 cm³/mol. The summed E-state index contributed by atoms with van der Waals surface area (Å²) in [4.78, 5) is 13.7. The fourth-order valence-corrected chi connectivity index (χ4v) is 2.10. The van der Waals surface area contributed by atoms with Crippen molar-refractivity contribution in [1.82, 2.24) is 4.90 Å². The van der Waals surface area contributed by atoms with Crippen LogP contribution in [-0.2, 0) is 9.53 Å². The Morgan fingerprint density at radius 1 is 1.50 bits per heavy atom. The number of esters is 1. The number of likely N-dealkylation sites (tertiary alicyclic amines) is 1. The Labute approximate surface area is 97.6 Å². The molecule has 94 valence electrons. The van der Waals surface area contributed by atoms with Crippen molar-refractivity contribution in [3.63, 3.8) is 0 Å². The van der Waals surface area contributed by atoms with Gasteiger partial charge in [-0.3, -0.25) is 4.79 Å². The molecule has 1 N–H and O–H groups in total. The second-order valence-electron chi connectivity index (χ2n) is 4.58. The van der Waals surface area contributed by atoms with Crippen LogP contribution in [0.15, 0.2) is 0 Å². The monoisotopic (exact) mass is 229 g/mol. The molecule has 16 heavy (non-hydrogen) atoms. The van der Waals surface area contributed by atoms with Gasteiger partial charge >= 0.3 is 5.97 Å². The lowest BCUT2D eigenvalue weighted by molar-refractivity contribution is -0.148. The van der Waals surface area contributed by atoms with E-state index in [1.807, 2.05) is 13.8 Å². The molecule has 1 saturated heterocycles. The first-order valence-corrected chi connectivity index (χ1v) is 6.17. The molecule has 4 heteroatoms. The quantitative estimate of drug-likeness (QED) is 0.711. The molecule has 0 aliphatic carbocycles. The molecule has 0 bridgehead atoms. The Morgan fingerprint density at radius 3 is 2.62 bits per heavy atom. The molecule has 1 atom stereocenters. The Balaban J connectivity index is 2.25. The fraction of sp³-hybridized carbons (Fsp3) is 0.917. The summed E-state index contributed by atoms with van der Waals surface area (Å²) in [6.07, 6.45) is 2.07. The normalized spacial score (nSPS) is 20.7. The summed E-state index contributed by atoms with van der Waals surface area (Å²) < 4.78 is 4.98. The first-order valence-electron chi connectivity index (χ1n) is 6.17. The highest BCUT2D eigenvalue weighted by Crippen LogP contribution is 2.17. The maximum absolute atomic E-state index is 11.4. The van der Waals surface area contributed by atoms with Crippen LogP contribution in [0.25, 0.3) is 0 Å². The van der Waals surface area contributed by atoms with Gasteiger partial charge in [-0.1, -0.05) is 6.92 Å². The second-order valence-corrected chi connectivity index (χ2v) is 4.58. The molecular weight excluding hydrogens is 206 g/mol. The zero-order chi connectivity index (χ0) is 12.0. The SMILES string of the molecule is CCOC(=O)C(C)CN1CCC(CO)CC1. The average molecular weight is 229 g/mol. The smallest absolute Gasteiger partial charge is 0.309 e. The largest absolute Gasteiger partial charge is 0.466 e. The number of carbonyl (C=O) groups is 1. The van der Waals surface area contributed by atoms with Crippen LogP contribution in [0.2, 0.25) is 0 Å². The van der Waals surface area contributed by atoms with Crippen molar-refractivity contribution >= 4 is 5.97 Å². The van der Waals surface area contributed by atoms with Gasteiger partial charge in [0.1, 0.15) is 0 Å². The third-order valence-electron chi connectivity index (χ3n) is 3.19. The van der Waals surface area contributed by atoms with E-state index in [0.717, 1.165) is 32.5 Å². The van der Waals surface area contributed by atoms with Crippen LogP contribution in [0.1, 0.15) is 26.7 Å². The summed E-state index contributed by atoms with van der Waals surface area (Å²) in [5.74, 6) is 0.298. The Kier molecular flexibility index (Phi) is 5.77. The van der Waals surface area contributed by atoms with Crippen molar-refractivity contribution in [2.24, 2.45) is 11.8 Å². The second kappa shape index (κ2) is 6.86. The molecule has 0 saturated carbocycles. The van der Waals surface area contributed by atoms with Gasteiger partial charge in [-0.25, -0.2) is 0 Å². The number of piperidine rings is 1. The van der Waals surface area contributed by atoms with E-state index >= 15 is 0 Å². The van der Waals surface area contributed by atoms with Gasteiger partial charge in [-0.2, -0.15) is 0 Å². The van der Waals surface area contributed by atoms with E-state index in [-0.39, 0.29) is 11.9 Å². The third kappa shape index (κ3) is 4.10. The fourth-order valence-electron chi connectivity index (χ4n) is 2.10. The van der Waals surface area contributed by atoms with Crippen molar-refractivity contribution in [3.05, 3.63) is 0 Å². The number of hydrogen-bond acceptors (Lipinski definition) is 4. The van der Waals surface area contributed by atoms with E-state index < -0.39 is 0 Å². The van der Waals surface area contributed by atoms with E-state index in [1.165, 1.54) is 0 Å². The van der Waals surface area contributed by atoms with Crippen LogP contribution in [0.4, 0.5) is 0 Å². The van der Waals surface area contributed by atoms with E-state index in [1.54, 1.807) is 0 Å². The van der Waals surface area contributed by atoms with Crippen LogP contribution in [0.3, 0.4) is 0 Å². The molecule has 1 unspecified atom stereocenters. The maximum atomic E-state index is 11.4. The summed E-state index contributed by atoms with van der Waals surface area (Å²) in [5, 5.41) is 9.02. The van der Waals surface area contributed by atoms with Crippen molar-refractivity contribution in [1.29, 1.82) is 0 Å². The van der Waals surface area contributed by atoms with Crippen molar-refractivity contribution in [2.45, 2.75) is 26.7 Å². The number of nitrogens with zero attached hydrogens (tertiary/aromatic N) is 1. The van der Waals surface area contributed by atoms with Crippen molar-refractivity contribution in [3.8, 4) is 0 Å². The lowest BCUT2D eigenvalue weighted by atomic mass is 9.97.